The molecule has 2 aliphatic rings. The summed E-state index contributed by atoms with van der Waals surface area (Å²) in [5.41, 5.74) is 3.96. The third kappa shape index (κ3) is 4.63. The molecule has 0 aromatic heterocycles. The summed E-state index contributed by atoms with van der Waals surface area (Å²) in [5.74, 6) is 0.295. The fraction of sp³-hybridized carbons (Fsp3) is 0.375. The van der Waals surface area contributed by atoms with Gasteiger partial charge in [0.1, 0.15) is 0 Å². The van der Waals surface area contributed by atoms with Crippen molar-refractivity contribution >= 4 is 17.7 Å². The second-order valence-corrected chi connectivity index (χ2v) is 7.61. The van der Waals surface area contributed by atoms with Crippen LogP contribution in [0.5, 0.6) is 0 Å². The van der Waals surface area contributed by atoms with E-state index in [2.05, 4.69) is 70.5 Å². The average molecular weight is 376 g/mol. The first-order chi connectivity index (χ1) is 13.8. The molecule has 28 heavy (non-hydrogen) atoms. The van der Waals surface area contributed by atoms with E-state index in [1.807, 2.05) is 11.0 Å². The zero-order valence-corrected chi connectivity index (χ0v) is 16.5. The van der Waals surface area contributed by atoms with Crippen LogP contribution in [-0.4, -0.2) is 61.5 Å². The number of piperazine rings is 1. The number of hydrogen-bond acceptors (Lipinski definition) is 3. The predicted octanol–water partition coefficient (Wildman–Crippen LogP) is 3.30. The summed E-state index contributed by atoms with van der Waals surface area (Å²) in [5, 5.41) is 0. The molecule has 0 unspecified atom stereocenters. The average Bonchev–Trinajstić information content (AvgIpc) is 3.16. The number of nitrogens with zero attached hydrogens (tertiary/aromatic N) is 3. The van der Waals surface area contributed by atoms with Crippen LogP contribution in [0.3, 0.4) is 0 Å². The SMILES string of the molecule is O=C(CCN1CCc2ccccc21)N1CCN(C/C=C/c2ccccc2)CC1. The number of carbonyl (C=O) groups is 1. The van der Waals surface area contributed by atoms with Crippen LogP contribution in [0.2, 0.25) is 0 Å². The summed E-state index contributed by atoms with van der Waals surface area (Å²) in [6.45, 7) is 6.41. The lowest BCUT2D eigenvalue weighted by Gasteiger charge is -2.34. The number of fused-ring (bicyclic) bond motifs is 1. The minimum Gasteiger partial charge on any atom is -0.370 e. The molecule has 4 nitrogen and oxygen atoms in total. The lowest BCUT2D eigenvalue weighted by Crippen LogP contribution is -2.49. The molecular weight excluding hydrogens is 346 g/mol. The van der Waals surface area contributed by atoms with E-state index >= 15 is 0 Å². The van der Waals surface area contributed by atoms with Gasteiger partial charge in [0.25, 0.3) is 0 Å². The molecule has 0 bridgehead atoms. The minimum absolute atomic E-state index is 0.295. The fourth-order valence-corrected chi connectivity index (χ4v) is 4.11. The van der Waals surface area contributed by atoms with Crippen molar-refractivity contribution in [3.8, 4) is 0 Å². The lowest BCUT2D eigenvalue weighted by molar-refractivity contribution is -0.132. The van der Waals surface area contributed by atoms with Gasteiger partial charge in [-0.3, -0.25) is 9.69 Å². The molecule has 2 heterocycles. The first-order valence-electron chi connectivity index (χ1n) is 10.3. The second kappa shape index (κ2) is 9.07. The molecule has 0 atom stereocenters. The van der Waals surface area contributed by atoms with Gasteiger partial charge in [-0.2, -0.15) is 0 Å². The van der Waals surface area contributed by atoms with Gasteiger partial charge < -0.3 is 9.80 Å². The van der Waals surface area contributed by atoms with E-state index in [1.165, 1.54) is 16.8 Å². The number of anilines is 1. The van der Waals surface area contributed by atoms with Gasteiger partial charge in [-0.1, -0.05) is 60.7 Å². The molecule has 0 spiro atoms. The van der Waals surface area contributed by atoms with Gasteiger partial charge in [0, 0.05) is 57.9 Å². The summed E-state index contributed by atoms with van der Waals surface area (Å²) in [6, 6.07) is 19.0. The Morgan fingerprint density at radius 2 is 1.64 bits per heavy atom. The summed E-state index contributed by atoms with van der Waals surface area (Å²) >= 11 is 0. The highest BCUT2D eigenvalue weighted by molar-refractivity contribution is 5.77. The maximum Gasteiger partial charge on any atom is 0.224 e. The van der Waals surface area contributed by atoms with Crippen LogP contribution >= 0.6 is 0 Å². The van der Waals surface area contributed by atoms with Crippen LogP contribution < -0.4 is 4.90 Å². The van der Waals surface area contributed by atoms with Crippen molar-refractivity contribution < 1.29 is 4.79 Å². The smallest absolute Gasteiger partial charge is 0.224 e. The van der Waals surface area contributed by atoms with Crippen LogP contribution in [-0.2, 0) is 11.2 Å². The third-order valence-electron chi connectivity index (χ3n) is 5.78. The Morgan fingerprint density at radius 3 is 2.46 bits per heavy atom. The highest BCUT2D eigenvalue weighted by Crippen LogP contribution is 2.27. The molecule has 146 valence electrons. The number of carbonyl (C=O) groups excluding carboxylic acids is 1. The van der Waals surface area contributed by atoms with Crippen molar-refractivity contribution in [1.29, 1.82) is 0 Å². The molecule has 4 heteroatoms. The summed E-state index contributed by atoms with van der Waals surface area (Å²) in [4.78, 5) is 19.5. The van der Waals surface area contributed by atoms with Gasteiger partial charge >= 0.3 is 0 Å². The van der Waals surface area contributed by atoms with Crippen LogP contribution in [0, 0.1) is 0 Å². The van der Waals surface area contributed by atoms with E-state index in [4.69, 9.17) is 0 Å². The Kier molecular flexibility index (Phi) is 6.07. The van der Waals surface area contributed by atoms with E-state index in [1.54, 1.807) is 0 Å². The van der Waals surface area contributed by atoms with Crippen LogP contribution in [0.4, 0.5) is 5.69 Å². The molecule has 1 saturated heterocycles. The lowest BCUT2D eigenvalue weighted by atomic mass is 10.2. The maximum absolute atomic E-state index is 12.6. The standard InChI is InChI=1S/C24H29N3O/c28-24(13-16-26-15-12-22-10-4-5-11-23(22)26)27-19-17-25(18-20-27)14-6-9-21-7-2-1-3-8-21/h1-11H,12-20H2/b9-6+. The van der Waals surface area contributed by atoms with Crippen molar-refractivity contribution in [3.05, 3.63) is 71.8 Å². The Morgan fingerprint density at radius 1 is 0.893 bits per heavy atom. The molecule has 0 saturated carbocycles. The highest BCUT2D eigenvalue weighted by atomic mass is 16.2. The van der Waals surface area contributed by atoms with Crippen molar-refractivity contribution in [3.63, 3.8) is 0 Å². The Hall–Kier alpha value is -2.59. The molecule has 2 aromatic carbocycles. The fourth-order valence-electron chi connectivity index (χ4n) is 4.11. The van der Waals surface area contributed by atoms with Crippen molar-refractivity contribution in [2.45, 2.75) is 12.8 Å². The largest absolute Gasteiger partial charge is 0.370 e. The number of rotatable bonds is 6. The molecule has 1 fully saturated rings. The van der Waals surface area contributed by atoms with E-state index < -0.39 is 0 Å². The minimum atomic E-state index is 0.295. The van der Waals surface area contributed by atoms with Gasteiger partial charge in [0.2, 0.25) is 5.91 Å². The molecule has 1 amide bonds. The van der Waals surface area contributed by atoms with Gasteiger partial charge in [0.15, 0.2) is 0 Å². The number of amides is 1. The zero-order valence-electron chi connectivity index (χ0n) is 16.5. The molecule has 0 N–H and O–H groups in total. The first-order valence-corrected chi connectivity index (χ1v) is 10.3. The molecule has 0 aliphatic carbocycles. The van der Waals surface area contributed by atoms with Gasteiger partial charge in [-0.05, 0) is 23.6 Å². The van der Waals surface area contributed by atoms with Gasteiger partial charge in [-0.25, -0.2) is 0 Å². The number of hydrogen-bond donors (Lipinski definition) is 0. The van der Waals surface area contributed by atoms with E-state index in [0.717, 1.165) is 52.2 Å². The Labute approximate surface area is 168 Å². The Balaban J connectivity index is 1.19. The normalized spacial score (nSPS) is 17.3. The summed E-state index contributed by atoms with van der Waals surface area (Å²) < 4.78 is 0. The van der Waals surface area contributed by atoms with E-state index in [0.29, 0.717) is 12.3 Å². The number of benzene rings is 2. The molecule has 4 rings (SSSR count). The molecule has 2 aliphatic heterocycles. The predicted molar refractivity (Wildman–Crippen MR) is 115 cm³/mol. The maximum atomic E-state index is 12.6. The van der Waals surface area contributed by atoms with E-state index in [9.17, 15) is 4.79 Å². The van der Waals surface area contributed by atoms with Crippen molar-refractivity contribution in [2.75, 3.05) is 50.7 Å². The van der Waals surface area contributed by atoms with Crippen molar-refractivity contribution in [1.82, 2.24) is 9.80 Å². The summed E-state index contributed by atoms with van der Waals surface area (Å²) in [7, 11) is 0. The first kappa shape index (κ1) is 18.8. The van der Waals surface area contributed by atoms with Crippen LogP contribution in [0.15, 0.2) is 60.7 Å². The zero-order chi connectivity index (χ0) is 19.2. The van der Waals surface area contributed by atoms with Crippen LogP contribution in [0.25, 0.3) is 6.08 Å². The topological polar surface area (TPSA) is 26.8 Å². The summed E-state index contributed by atoms with van der Waals surface area (Å²) in [6.07, 6.45) is 6.10. The molecule has 0 radical (unpaired) electrons. The van der Waals surface area contributed by atoms with E-state index in [-0.39, 0.29) is 0 Å². The second-order valence-electron chi connectivity index (χ2n) is 7.61. The third-order valence-corrected chi connectivity index (χ3v) is 5.78. The van der Waals surface area contributed by atoms with Gasteiger partial charge in [0.05, 0.1) is 0 Å². The monoisotopic (exact) mass is 375 g/mol. The Bertz CT molecular complexity index is 810. The van der Waals surface area contributed by atoms with Crippen molar-refractivity contribution in [2.24, 2.45) is 0 Å². The quantitative estimate of drug-likeness (QED) is 0.775. The van der Waals surface area contributed by atoms with Gasteiger partial charge in [-0.15, -0.1) is 0 Å². The highest BCUT2D eigenvalue weighted by Gasteiger charge is 2.23. The molecule has 2 aromatic rings. The molecular formula is C24H29N3O. The van der Waals surface area contributed by atoms with Crippen LogP contribution in [0.1, 0.15) is 17.5 Å². The number of para-hydroxylation sites is 1.